The normalized spacial score (nSPS) is 15.6. The zero-order valence-electron chi connectivity index (χ0n) is 11.8. The lowest BCUT2D eigenvalue weighted by molar-refractivity contribution is 0.124. The van der Waals surface area contributed by atoms with Crippen LogP contribution in [0.25, 0.3) is 0 Å². The summed E-state index contributed by atoms with van der Waals surface area (Å²) in [5, 5.41) is 10.3. The molecule has 1 unspecified atom stereocenters. The predicted octanol–water partition coefficient (Wildman–Crippen LogP) is 2.22. The van der Waals surface area contributed by atoms with Gasteiger partial charge < -0.3 is 19.5 Å². The lowest BCUT2D eigenvalue weighted by Gasteiger charge is -2.23. The molecule has 2 rings (SSSR count). The molecule has 19 heavy (non-hydrogen) atoms. The summed E-state index contributed by atoms with van der Waals surface area (Å²) in [6, 6.07) is 5.66. The topological polar surface area (TPSA) is 41.9 Å². The van der Waals surface area contributed by atoms with Crippen molar-refractivity contribution in [3.05, 3.63) is 23.8 Å². The molecule has 1 N–H and O–H groups in total. The number of nitrogens with zero attached hydrogens (tertiary/aromatic N) is 1. The van der Waals surface area contributed by atoms with E-state index in [4.69, 9.17) is 9.47 Å². The summed E-state index contributed by atoms with van der Waals surface area (Å²) >= 11 is 0. The standard InChI is InChI=1S/C15H23NO3/c1-3-4-7-16(2)11-13(17)12-5-6-14-15(10-12)19-9-8-18-14/h5-6,10,13,17H,3-4,7-9,11H2,1-2H3. The Bertz CT molecular complexity index is 408. The minimum absolute atomic E-state index is 0.488. The Hall–Kier alpha value is -1.26. The van der Waals surface area contributed by atoms with Crippen molar-refractivity contribution in [3.8, 4) is 11.5 Å². The molecule has 0 aliphatic carbocycles. The highest BCUT2D eigenvalue weighted by molar-refractivity contribution is 5.44. The number of aliphatic hydroxyl groups excluding tert-OH is 1. The van der Waals surface area contributed by atoms with Gasteiger partial charge in [-0.3, -0.25) is 0 Å². The van der Waals surface area contributed by atoms with Crippen LogP contribution in [0.2, 0.25) is 0 Å². The molecule has 1 aromatic carbocycles. The summed E-state index contributed by atoms with van der Waals surface area (Å²) < 4.78 is 11.0. The first kappa shape index (κ1) is 14.2. The van der Waals surface area contributed by atoms with E-state index in [1.54, 1.807) is 0 Å². The fourth-order valence-corrected chi connectivity index (χ4v) is 2.19. The predicted molar refractivity (Wildman–Crippen MR) is 74.8 cm³/mol. The molecule has 1 aromatic rings. The third-order valence-electron chi connectivity index (χ3n) is 3.33. The maximum atomic E-state index is 10.3. The smallest absolute Gasteiger partial charge is 0.161 e. The second kappa shape index (κ2) is 6.78. The SMILES string of the molecule is CCCCN(C)CC(O)c1ccc2c(c1)OCCO2. The van der Waals surface area contributed by atoms with Crippen LogP contribution in [-0.4, -0.2) is 43.4 Å². The van der Waals surface area contributed by atoms with Crippen LogP contribution in [0.1, 0.15) is 31.4 Å². The highest BCUT2D eigenvalue weighted by atomic mass is 16.6. The average Bonchev–Trinajstić information content (AvgIpc) is 2.44. The number of likely N-dealkylation sites (N-methyl/N-ethyl adjacent to an activating group) is 1. The second-order valence-corrected chi connectivity index (χ2v) is 5.03. The number of unbranched alkanes of at least 4 members (excludes halogenated alkanes) is 1. The van der Waals surface area contributed by atoms with Gasteiger partial charge in [-0.15, -0.1) is 0 Å². The van der Waals surface area contributed by atoms with Crippen LogP contribution < -0.4 is 9.47 Å². The van der Waals surface area contributed by atoms with Crippen molar-refractivity contribution in [2.75, 3.05) is 33.4 Å². The summed E-state index contributed by atoms with van der Waals surface area (Å²) in [6.45, 7) is 4.99. The molecule has 1 atom stereocenters. The molecule has 0 saturated heterocycles. The van der Waals surface area contributed by atoms with Crippen molar-refractivity contribution in [1.29, 1.82) is 0 Å². The molecule has 0 fully saturated rings. The van der Waals surface area contributed by atoms with Gasteiger partial charge in [-0.2, -0.15) is 0 Å². The maximum Gasteiger partial charge on any atom is 0.161 e. The van der Waals surface area contributed by atoms with Crippen LogP contribution in [0, 0.1) is 0 Å². The van der Waals surface area contributed by atoms with E-state index >= 15 is 0 Å². The minimum atomic E-state index is -0.488. The first-order valence-electron chi connectivity index (χ1n) is 6.97. The maximum absolute atomic E-state index is 10.3. The third-order valence-corrected chi connectivity index (χ3v) is 3.33. The molecule has 0 spiro atoms. The van der Waals surface area contributed by atoms with Crippen LogP contribution in [0.4, 0.5) is 0 Å². The Morgan fingerprint density at radius 1 is 1.26 bits per heavy atom. The molecule has 0 aromatic heterocycles. The summed E-state index contributed by atoms with van der Waals surface area (Å²) in [5.74, 6) is 1.50. The number of benzene rings is 1. The molecule has 4 heteroatoms. The first-order valence-corrected chi connectivity index (χ1v) is 6.97. The Morgan fingerprint density at radius 2 is 2.00 bits per heavy atom. The Balaban J connectivity index is 1.97. The van der Waals surface area contributed by atoms with Gasteiger partial charge in [-0.1, -0.05) is 19.4 Å². The molecule has 106 valence electrons. The van der Waals surface area contributed by atoms with E-state index in [0.29, 0.717) is 19.8 Å². The highest BCUT2D eigenvalue weighted by Crippen LogP contribution is 2.32. The van der Waals surface area contributed by atoms with E-state index < -0.39 is 6.10 Å². The number of rotatable bonds is 6. The molecule has 1 aliphatic rings. The van der Waals surface area contributed by atoms with E-state index in [0.717, 1.165) is 30.0 Å². The third kappa shape index (κ3) is 3.85. The summed E-state index contributed by atoms with van der Waals surface area (Å²) in [4.78, 5) is 2.16. The molecule has 0 bridgehead atoms. The molecule has 1 heterocycles. The van der Waals surface area contributed by atoms with Gasteiger partial charge >= 0.3 is 0 Å². The van der Waals surface area contributed by atoms with Crippen molar-refractivity contribution in [2.24, 2.45) is 0 Å². The molecular formula is C15H23NO3. The second-order valence-electron chi connectivity index (χ2n) is 5.03. The minimum Gasteiger partial charge on any atom is -0.486 e. The van der Waals surface area contributed by atoms with Gasteiger partial charge in [0.15, 0.2) is 11.5 Å². The Labute approximate surface area is 114 Å². The van der Waals surface area contributed by atoms with Gasteiger partial charge in [0.2, 0.25) is 0 Å². The van der Waals surface area contributed by atoms with E-state index in [1.165, 1.54) is 6.42 Å². The quantitative estimate of drug-likeness (QED) is 0.856. The van der Waals surface area contributed by atoms with Crippen molar-refractivity contribution in [3.63, 3.8) is 0 Å². The van der Waals surface area contributed by atoms with E-state index in [2.05, 4.69) is 11.8 Å². The van der Waals surface area contributed by atoms with Gasteiger partial charge in [0, 0.05) is 6.54 Å². The lowest BCUT2D eigenvalue weighted by atomic mass is 10.1. The largest absolute Gasteiger partial charge is 0.486 e. The fraction of sp³-hybridized carbons (Fsp3) is 0.600. The fourth-order valence-electron chi connectivity index (χ4n) is 2.19. The Morgan fingerprint density at radius 3 is 2.74 bits per heavy atom. The van der Waals surface area contributed by atoms with Gasteiger partial charge in [0.25, 0.3) is 0 Å². The molecular weight excluding hydrogens is 242 g/mol. The van der Waals surface area contributed by atoms with Crippen LogP contribution >= 0.6 is 0 Å². The van der Waals surface area contributed by atoms with Crippen LogP contribution in [0.3, 0.4) is 0 Å². The zero-order chi connectivity index (χ0) is 13.7. The average molecular weight is 265 g/mol. The van der Waals surface area contributed by atoms with E-state index in [1.807, 2.05) is 25.2 Å². The number of hydrogen-bond acceptors (Lipinski definition) is 4. The number of hydrogen-bond donors (Lipinski definition) is 1. The van der Waals surface area contributed by atoms with Crippen molar-refractivity contribution < 1.29 is 14.6 Å². The molecule has 0 radical (unpaired) electrons. The van der Waals surface area contributed by atoms with Crippen molar-refractivity contribution in [1.82, 2.24) is 4.90 Å². The van der Waals surface area contributed by atoms with Crippen molar-refractivity contribution >= 4 is 0 Å². The van der Waals surface area contributed by atoms with Crippen LogP contribution in [0.15, 0.2) is 18.2 Å². The molecule has 1 aliphatic heterocycles. The van der Waals surface area contributed by atoms with Crippen molar-refractivity contribution in [2.45, 2.75) is 25.9 Å². The van der Waals surface area contributed by atoms with Gasteiger partial charge in [0.1, 0.15) is 13.2 Å². The van der Waals surface area contributed by atoms with E-state index in [9.17, 15) is 5.11 Å². The molecule has 4 nitrogen and oxygen atoms in total. The number of aliphatic hydroxyl groups is 1. The summed E-state index contributed by atoms with van der Waals surface area (Å²) in [6.07, 6.45) is 1.84. The zero-order valence-corrected chi connectivity index (χ0v) is 11.8. The highest BCUT2D eigenvalue weighted by Gasteiger charge is 2.16. The van der Waals surface area contributed by atoms with Gasteiger partial charge in [0.05, 0.1) is 6.10 Å². The monoisotopic (exact) mass is 265 g/mol. The van der Waals surface area contributed by atoms with Crippen LogP contribution in [-0.2, 0) is 0 Å². The van der Waals surface area contributed by atoms with Crippen LogP contribution in [0.5, 0.6) is 11.5 Å². The van der Waals surface area contributed by atoms with E-state index in [-0.39, 0.29) is 0 Å². The first-order chi connectivity index (χ1) is 9.20. The lowest BCUT2D eigenvalue weighted by Crippen LogP contribution is -2.25. The molecule has 0 saturated carbocycles. The molecule has 0 amide bonds. The van der Waals surface area contributed by atoms with Gasteiger partial charge in [-0.25, -0.2) is 0 Å². The summed E-state index contributed by atoms with van der Waals surface area (Å²) in [7, 11) is 2.04. The number of fused-ring (bicyclic) bond motifs is 1. The Kier molecular flexibility index (Phi) is 5.05. The summed E-state index contributed by atoms with van der Waals surface area (Å²) in [5.41, 5.74) is 0.882. The number of ether oxygens (including phenoxy) is 2. The van der Waals surface area contributed by atoms with Gasteiger partial charge in [-0.05, 0) is 37.7 Å².